The van der Waals surface area contributed by atoms with Gasteiger partial charge in [0.05, 0.1) is 6.61 Å². The van der Waals surface area contributed by atoms with Gasteiger partial charge < -0.3 is 14.7 Å². The summed E-state index contributed by atoms with van der Waals surface area (Å²) in [4.78, 5) is 2.42. The summed E-state index contributed by atoms with van der Waals surface area (Å²) in [5.74, 6) is 0.526. The molecule has 24 heavy (non-hydrogen) atoms. The number of benzene rings is 1. The fraction of sp³-hybridized carbons (Fsp3) is 0.667. The van der Waals surface area contributed by atoms with Crippen molar-refractivity contribution in [2.24, 2.45) is 0 Å². The van der Waals surface area contributed by atoms with E-state index < -0.39 is 18.2 Å². The molecule has 1 aromatic rings. The van der Waals surface area contributed by atoms with E-state index >= 15 is 0 Å². The van der Waals surface area contributed by atoms with Crippen LogP contribution in [0.25, 0.3) is 0 Å². The maximum absolute atomic E-state index is 13.0. The number of ether oxygens (including phenoxy) is 1. The first-order valence-electron chi connectivity index (χ1n) is 8.61. The van der Waals surface area contributed by atoms with Gasteiger partial charge >= 0.3 is 6.18 Å². The van der Waals surface area contributed by atoms with E-state index in [1.165, 1.54) is 50.5 Å². The van der Waals surface area contributed by atoms with Gasteiger partial charge in [0.25, 0.3) is 0 Å². The second-order valence-electron chi connectivity index (χ2n) is 6.34. The standard InChI is InChI=1S/C18H26F3NO2/c1-2-17(23,18(19,20)21)15-7-9-16(10-8-15)24-14-6-13-22-11-4-3-5-12-22/h7-10,23H,2-6,11-14H2,1H3. The van der Waals surface area contributed by atoms with Gasteiger partial charge in [-0.3, -0.25) is 0 Å². The fourth-order valence-corrected chi connectivity index (χ4v) is 3.06. The van der Waals surface area contributed by atoms with Gasteiger partial charge in [0.2, 0.25) is 0 Å². The second-order valence-corrected chi connectivity index (χ2v) is 6.34. The van der Waals surface area contributed by atoms with E-state index in [0.717, 1.165) is 26.1 Å². The Bertz CT molecular complexity index is 498. The molecule has 1 saturated heterocycles. The van der Waals surface area contributed by atoms with E-state index in [1.807, 2.05) is 0 Å². The third-order valence-corrected chi connectivity index (χ3v) is 4.65. The van der Waals surface area contributed by atoms with Crippen molar-refractivity contribution in [3.8, 4) is 5.75 Å². The smallest absolute Gasteiger partial charge is 0.421 e. The first-order valence-corrected chi connectivity index (χ1v) is 8.61. The average molecular weight is 345 g/mol. The van der Waals surface area contributed by atoms with Crippen LogP contribution in [0.3, 0.4) is 0 Å². The molecule has 0 aliphatic carbocycles. The number of piperidine rings is 1. The van der Waals surface area contributed by atoms with Crippen molar-refractivity contribution in [2.75, 3.05) is 26.2 Å². The molecule has 136 valence electrons. The summed E-state index contributed by atoms with van der Waals surface area (Å²) in [5.41, 5.74) is -2.96. The number of hydrogen-bond acceptors (Lipinski definition) is 3. The van der Waals surface area contributed by atoms with Gasteiger partial charge in [-0.15, -0.1) is 0 Å². The van der Waals surface area contributed by atoms with Gasteiger partial charge in [0.15, 0.2) is 5.60 Å². The molecule has 1 heterocycles. The lowest BCUT2D eigenvalue weighted by Crippen LogP contribution is -2.41. The Kier molecular flexibility index (Phi) is 6.52. The molecule has 1 N–H and O–H groups in total. The maximum Gasteiger partial charge on any atom is 0.421 e. The van der Waals surface area contributed by atoms with Crippen LogP contribution in [0.1, 0.15) is 44.6 Å². The second kappa shape index (κ2) is 8.21. The van der Waals surface area contributed by atoms with Gasteiger partial charge in [0.1, 0.15) is 5.75 Å². The van der Waals surface area contributed by atoms with Crippen LogP contribution in [0.4, 0.5) is 13.2 Å². The minimum atomic E-state index is -4.70. The molecule has 6 heteroatoms. The third kappa shape index (κ3) is 4.63. The first-order chi connectivity index (χ1) is 11.4. The summed E-state index contributed by atoms with van der Waals surface area (Å²) in [5, 5.41) is 9.91. The van der Waals surface area contributed by atoms with Crippen LogP contribution in [0.5, 0.6) is 5.75 Å². The minimum absolute atomic E-state index is 0.154. The molecule has 2 rings (SSSR count). The van der Waals surface area contributed by atoms with Crippen molar-refractivity contribution < 1.29 is 23.0 Å². The van der Waals surface area contributed by atoms with E-state index in [1.54, 1.807) is 0 Å². The molecule has 0 bridgehead atoms. The highest BCUT2D eigenvalue weighted by atomic mass is 19.4. The molecule has 0 aromatic heterocycles. The molecule has 0 radical (unpaired) electrons. The molecule has 1 aliphatic heterocycles. The van der Waals surface area contributed by atoms with E-state index in [2.05, 4.69) is 4.90 Å². The first kappa shape index (κ1) is 19.1. The lowest BCUT2D eigenvalue weighted by atomic mass is 9.90. The van der Waals surface area contributed by atoms with Crippen molar-refractivity contribution in [1.82, 2.24) is 4.90 Å². The van der Waals surface area contributed by atoms with Crippen molar-refractivity contribution in [1.29, 1.82) is 0 Å². The predicted octanol–water partition coefficient (Wildman–Crippen LogP) is 4.10. The van der Waals surface area contributed by atoms with Gasteiger partial charge in [-0.1, -0.05) is 25.5 Å². The molecule has 1 fully saturated rings. The SMILES string of the molecule is CCC(O)(c1ccc(OCCCN2CCCCC2)cc1)C(F)(F)F. The Morgan fingerprint density at radius 2 is 1.71 bits per heavy atom. The van der Waals surface area contributed by atoms with Crippen LogP contribution in [0.2, 0.25) is 0 Å². The Hall–Kier alpha value is -1.27. The van der Waals surface area contributed by atoms with Crippen LogP contribution in [0, 0.1) is 0 Å². The van der Waals surface area contributed by atoms with Gasteiger partial charge in [-0.05, 0) is 56.5 Å². The zero-order valence-electron chi connectivity index (χ0n) is 14.1. The van der Waals surface area contributed by atoms with Crippen LogP contribution < -0.4 is 4.74 Å². The lowest BCUT2D eigenvalue weighted by molar-refractivity contribution is -0.267. The Morgan fingerprint density at radius 3 is 2.25 bits per heavy atom. The maximum atomic E-state index is 13.0. The molecule has 1 aromatic carbocycles. The van der Waals surface area contributed by atoms with Gasteiger partial charge in [0, 0.05) is 6.54 Å². The number of nitrogens with zero attached hydrogens (tertiary/aromatic N) is 1. The van der Waals surface area contributed by atoms with Crippen molar-refractivity contribution in [3.63, 3.8) is 0 Å². The molecule has 0 spiro atoms. The fourth-order valence-electron chi connectivity index (χ4n) is 3.06. The van der Waals surface area contributed by atoms with Crippen LogP contribution in [-0.4, -0.2) is 42.4 Å². The Morgan fingerprint density at radius 1 is 1.08 bits per heavy atom. The molecule has 0 amide bonds. The summed E-state index contributed by atoms with van der Waals surface area (Å²) < 4.78 is 44.7. The van der Waals surface area contributed by atoms with Crippen molar-refractivity contribution in [3.05, 3.63) is 29.8 Å². The Balaban J connectivity index is 1.83. The van der Waals surface area contributed by atoms with E-state index in [0.29, 0.717) is 12.4 Å². The summed E-state index contributed by atoms with van der Waals surface area (Å²) in [6.45, 7) is 5.12. The largest absolute Gasteiger partial charge is 0.494 e. The number of alkyl halides is 3. The summed E-state index contributed by atoms with van der Waals surface area (Å²) in [6.07, 6.45) is -0.417. The summed E-state index contributed by atoms with van der Waals surface area (Å²) >= 11 is 0. The molecular formula is C18H26F3NO2. The summed E-state index contributed by atoms with van der Waals surface area (Å²) in [6, 6.07) is 5.55. The topological polar surface area (TPSA) is 32.7 Å². The number of hydrogen-bond donors (Lipinski definition) is 1. The highest BCUT2D eigenvalue weighted by Gasteiger charge is 2.53. The van der Waals surface area contributed by atoms with E-state index in [9.17, 15) is 18.3 Å². The summed E-state index contributed by atoms with van der Waals surface area (Å²) in [7, 11) is 0. The lowest BCUT2D eigenvalue weighted by Gasteiger charge is -2.29. The molecule has 0 saturated carbocycles. The minimum Gasteiger partial charge on any atom is -0.494 e. The monoisotopic (exact) mass is 345 g/mol. The molecule has 1 atom stereocenters. The normalized spacial score (nSPS) is 19.0. The third-order valence-electron chi connectivity index (χ3n) is 4.65. The van der Waals surface area contributed by atoms with E-state index in [-0.39, 0.29) is 5.56 Å². The number of halogens is 3. The van der Waals surface area contributed by atoms with Crippen molar-refractivity contribution >= 4 is 0 Å². The quantitative estimate of drug-likeness (QED) is 0.755. The highest BCUT2D eigenvalue weighted by Crippen LogP contribution is 2.41. The van der Waals surface area contributed by atoms with Crippen molar-refractivity contribution in [2.45, 2.75) is 50.8 Å². The molecule has 1 unspecified atom stereocenters. The zero-order chi connectivity index (χ0) is 17.6. The number of likely N-dealkylation sites (tertiary alicyclic amines) is 1. The van der Waals surface area contributed by atoms with Crippen LogP contribution in [0.15, 0.2) is 24.3 Å². The number of aliphatic hydroxyl groups is 1. The van der Waals surface area contributed by atoms with Crippen LogP contribution in [-0.2, 0) is 5.60 Å². The average Bonchev–Trinajstić information content (AvgIpc) is 2.58. The molecular weight excluding hydrogens is 319 g/mol. The molecule has 1 aliphatic rings. The van der Waals surface area contributed by atoms with Crippen LogP contribution >= 0.6 is 0 Å². The Labute approximate surface area is 141 Å². The van der Waals surface area contributed by atoms with E-state index in [4.69, 9.17) is 4.74 Å². The highest BCUT2D eigenvalue weighted by molar-refractivity contribution is 5.31. The zero-order valence-corrected chi connectivity index (χ0v) is 14.1. The van der Waals surface area contributed by atoms with Gasteiger partial charge in [-0.2, -0.15) is 13.2 Å². The van der Waals surface area contributed by atoms with Gasteiger partial charge in [-0.25, -0.2) is 0 Å². The number of rotatable bonds is 7. The predicted molar refractivity (Wildman–Crippen MR) is 87.1 cm³/mol. The molecule has 3 nitrogen and oxygen atoms in total.